The number of halogens is 1. The molecule has 0 aromatic heterocycles. The molecule has 2 rings (SSSR count). The number of hydrogen-bond donors (Lipinski definition) is 1. The lowest BCUT2D eigenvalue weighted by Crippen LogP contribution is -2.09. The summed E-state index contributed by atoms with van der Waals surface area (Å²) >= 11 is 5.92. The fraction of sp³-hybridized carbons (Fsp3) is 0.125. The van der Waals surface area contributed by atoms with E-state index in [-0.39, 0.29) is 23.5 Å². The van der Waals surface area contributed by atoms with E-state index in [9.17, 15) is 14.7 Å². The van der Waals surface area contributed by atoms with E-state index in [0.29, 0.717) is 10.6 Å². The lowest BCUT2D eigenvalue weighted by Gasteiger charge is -2.05. The van der Waals surface area contributed by atoms with Crippen molar-refractivity contribution in [1.82, 2.24) is 0 Å². The SMILES string of the molecule is Cc1ccc(C(=O)CC(=O)c2ccccc2Cl)c(O)c1. The fourth-order valence-electron chi connectivity index (χ4n) is 1.90. The molecule has 20 heavy (non-hydrogen) atoms. The van der Waals surface area contributed by atoms with Crippen LogP contribution in [0.2, 0.25) is 5.02 Å². The van der Waals surface area contributed by atoms with Gasteiger partial charge in [-0.3, -0.25) is 9.59 Å². The number of benzene rings is 2. The highest BCUT2D eigenvalue weighted by Crippen LogP contribution is 2.22. The lowest BCUT2D eigenvalue weighted by atomic mass is 10.00. The first-order valence-electron chi connectivity index (χ1n) is 6.09. The van der Waals surface area contributed by atoms with E-state index in [2.05, 4.69) is 0 Å². The minimum atomic E-state index is -0.424. The van der Waals surface area contributed by atoms with Gasteiger partial charge < -0.3 is 5.11 Å². The number of Topliss-reactive ketones (excluding diaryl/α,β-unsaturated/α-hetero) is 2. The molecule has 0 aliphatic carbocycles. The summed E-state index contributed by atoms with van der Waals surface area (Å²) in [5.41, 5.74) is 1.31. The number of phenolic OH excluding ortho intramolecular Hbond substituents is 1. The maximum absolute atomic E-state index is 12.0. The maximum atomic E-state index is 12.0. The van der Waals surface area contributed by atoms with Crippen LogP contribution in [0.15, 0.2) is 42.5 Å². The zero-order valence-electron chi connectivity index (χ0n) is 10.9. The van der Waals surface area contributed by atoms with Gasteiger partial charge in [-0.15, -0.1) is 0 Å². The summed E-state index contributed by atoms with van der Waals surface area (Å²) in [4.78, 5) is 24.1. The molecule has 0 fully saturated rings. The van der Waals surface area contributed by atoms with Gasteiger partial charge >= 0.3 is 0 Å². The molecule has 0 radical (unpaired) electrons. The molecule has 0 heterocycles. The highest BCUT2D eigenvalue weighted by atomic mass is 35.5. The average Bonchev–Trinajstić information content (AvgIpc) is 2.38. The smallest absolute Gasteiger partial charge is 0.174 e. The third-order valence-electron chi connectivity index (χ3n) is 2.95. The monoisotopic (exact) mass is 288 g/mol. The van der Waals surface area contributed by atoms with Crippen molar-refractivity contribution in [2.24, 2.45) is 0 Å². The molecule has 0 atom stereocenters. The van der Waals surface area contributed by atoms with Crippen LogP contribution >= 0.6 is 11.6 Å². The number of carbonyl (C=O) groups excluding carboxylic acids is 2. The molecule has 0 saturated carbocycles. The minimum absolute atomic E-state index is 0.109. The van der Waals surface area contributed by atoms with Crippen molar-refractivity contribution in [1.29, 1.82) is 0 Å². The molecule has 102 valence electrons. The Kier molecular flexibility index (Phi) is 4.20. The summed E-state index contributed by atoms with van der Waals surface area (Å²) in [6.45, 7) is 1.81. The summed E-state index contributed by atoms with van der Waals surface area (Å²) in [6.07, 6.45) is -0.319. The summed E-state index contributed by atoms with van der Waals surface area (Å²) in [7, 11) is 0. The molecule has 0 spiro atoms. The molecule has 0 amide bonds. The zero-order valence-corrected chi connectivity index (χ0v) is 11.6. The molecule has 1 N–H and O–H groups in total. The molecule has 0 bridgehead atoms. The van der Waals surface area contributed by atoms with Crippen LogP contribution in [0.3, 0.4) is 0 Å². The Morgan fingerprint density at radius 3 is 2.35 bits per heavy atom. The molecule has 0 unspecified atom stereocenters. The Balaban J connectivity index is 2.20. The summed E-state index contributed by atoms with van der Waals surface area (Å²) in [6, 6.07) is 11.3. The minimum Gasteiger partial charge on any atom is -0.507 e. The topological polar surface area (TPSA) is 54.4 Å². The average molecular weight is 289 g/mol. The molecule has 2 aromatic rings. The fourth-order valence-corrected chi connectivity index (χ4v) is 2.14. The van der Waals surface area contributed by atoms with Crippen molar-refractivity contribution >= 4 is 23.2 Å². The van der Waals surface area contributed by atoms with Crippen LogP contribution < -0.4 is 0 Å². The van der Waals surface area contributed by atoms with Gasteiger partial charge in [0, 0.05) is 5.56 Å². The lowest BCUT2D eigenvalue weighted by molar-refractivity contribution is 0.0893. The largest absolute Gasteiger partial charge is 0.507 e. The second-order valence-corrected chi connectivity index (χ2v) is 4.93. The second-order valence-electron chi connectivity index (χ2n) is 4.52. The van der Waals surface area contributed by atoms with Crippen LogP contribution in [0.5, 0.6) is 5.75 Å². The molecule has 4 heteroatoms. The Hall–Kier alpha value is -2.13. The summed E-state index contributed by atoms with van der Waals surface area (Å²) in [5.74, 6) is -0.894. The number of rotatable bonds is 4. The molecule has 0 aliphatic rings. The van der Waals surface area contributed by atoms with Gasteiger partial charge in [-0.05, 0) is 36.8 Å². The maximum Gasteiger partial charge on any atom is 0.174 e. The normalized spacial score (nSPS) is 10.3. The van der Waals surface area contributed by atoms with Crippen LogP contribution in [0.1, 0.15) is 32.7 Å². The summed E-state index contributed by atoms with van der Waals surface area (Å²) < 4.78 is 0. The van der Waals surface area contributed by atoms with Gasteiger partial charge in [-0.1, -0.05) is 29.8 Å². The van der Waals surface area contributed by atoms with Crippen molar-refractivity contribution in [2.75, 3.05) is 0 Å². The van der Waals surface area contributed by atoms with Gasteiger partial charge in [-0.2, -0.15) is 0 Å². The van der Waals surface area contributed by atoms with E-state index >= 15 is 0 Å². The Bertz CT molecular complexity index is 677. The number of hydrogen-bond acceptors (Lipinski definition) is 3. The standard InChI is InChI=1S/C16H13ClO3/c1-10-6-7-12(14(18)8-10)16(20)9-15(19)11-4-2-3-5-13(11)17/h2-8,18H,9H2,1H3. The first kappa shape index (κ1) is 14.3. The van der Waals surface area contributed by atoms with Crippen LogP contribution in [0.4, 0.5) is 0 Å². The predicted octanol–water partition coefficient (Wildman–Crippen LogP) is 3.81. The molecule has 2 aromatic carbocycles. The van der Waals surface area contributed by atoms with Crippen LogP contribution in [0, 0.1) is 6.92 Å². The van der Waals surface area contributed by atoms with Crippen molar-refractivity contribution in [3.05, 3.63) is 64.2 Å². The third-order valence-corrected chi connectivity index (χ3v) is 3.28. The van der Waals surface area contributed by atoms with Gasteiger partial charge in [0.1, 0.15) is 5.75 Å². The Labute approximate surface area is 121 Å². The molecular weight excluding hydrogens is 276 g/mol. The quantitative estimate of drug-likeness (QED) is 0.687. The zero-order chi connectivity index (χ0) is 14.7. The van der Waals surface area contributed by atoms with Crippen LogP contribution in [-0.4, -0.2) is 16.7 Å². The number of carbonyl (C=O) groups is 2. The second kappa shape index (κ2) is 5.88. The molecule has 3 nitrogen and oxygen atoms in total. The van der Waals surface area contributed by atoms with E-state index in [1.54, 1.807) is 30.3 Å². The van der Waals surface area contributed by atoms with Crippen molar-refractivity contribution < 1.29 is 14.7 Å². The number of aryl methyl sites for hydroxylation is 1. The van der Waals surface area contributed by atoms with Crippen molar-refractivity contribution in [2.45, 2.75) is 13.3 Å². The van der Waals surface area contributed by atoms with E-state index in [1.807, 2.05) is 6.92 Å². The van der Waals surface area contributed by atoms with Crippen LogP contribution in [-0.2, 0) is 0 Å². The third kappa shape index (κ3) is 3.06. The van der Waals surface area contributed by atoms with Gasteiger partial charge in [0.25, 0.3) is 0 Å². The van der Waals surface area contributed by atoms with Gasteiger partial charge in [-0.25, -0.2) is 0 Å². The molecular formula is C16H13ClO3. The van der Waals surface area contributed by atoms with Gasteiger partial charge in [0.15, 0.2) is 11.6 Å². The number of phenols is 1. The van der Waals surface area contributed by atoms with E-state index in [4.69, 9.17) is 11.6 Å². The van der Waals surface area contributed by atoms with Crippen LogP contribution in [0.25, 0.3) is 0 Å². The van der Waals surface area contributed by atoms with Gasteiger partial charge in [0.2, 0.25) is 0 Å². The predicted molar refractivity (Wildman–Crippen MR) is 77.6 cm³/mol. The van der Waals surface area contributed by atoms with Crippen molar-refractivity contribution in [3.63, 3.8) is 0 Å². The van der Waals surface area contributed by atoms with E-state index < -0.39 is 5.78 Å². The van der Waals surface area contributed by atoms with E-state index in [1.165, 1.54) is 12.1 Å². The first-order chi connectivity index (χ1) is 9.49. The highest BCUT2D eigenvalue weighted by Gasteiger charge is 2.18. The highest BCUT2D eigenvalue weighted by molar-refractivity contribution is 6.34. The first-order valence-corrected chi connectivity index (χ1v) is 6.47. The van der Waals surface area contributed by atoms with Gasteiger partial charge in [0.05, 0.1) is 17.0 Å². The number of ketones is 2. The Morgan fingerprint density at radius 2 is 1.70 bits per heavy atom. The Morgan fingerprint density at radius 1 is 1.05 bits per heavy atom. The summed E-state index contributed by atoms with van der Waals surface area (Å²) in [5, 5.41) is 10.1. The molecule has 0 aliphatic heterocycles. The molecule has 0 saturated heterocycles. The van der Waals surface area contributed by atoms with Crippen molar-refractivity contribution in [3.8, 4) is 5.75 Å². The van der Waals surface area contributed by atoms with E-state index in [0.717, 1.165) is 5.56 Å². The number of aromatic hydroxyl groups is 1.